The minimum atomic E-state index is -0.286. The summed E-state index contributed by atoms with van der Waals surface area (Å²) in [4.78, 5) is 17.9. The van der Waals surface area contributed by atoms with Crippen LogP contribution in [0.5, 0.6) is 5.75 Å². The molecule has 0 unspecified atom stereocenters. The van der Waals surface area contributed by atoms with Crippen molar-refractivity contribution < 1.29 is 13.9 Å². The van der Waals surface area contributed by atoms with E-state index in [1.54, 1.807) is 25.3 Å². The molecule has 4 aromatic rings. The summed E-state index contributed by atoms with van der Waals surface area (Å²) < 4.78 is 18.3. The largest absolute Gasteiger partial charge is 0.497 e. The number of amides is 1. The van der Waals surface area contributed by atoms with Crippen molar-refractivity contribution in [1.29, 1.82) is 0 Å². The Bertz CT molecular complexity index is 1170. The first-order valence-corrected chi connectivity index (χ1v) is 10.1. The molecule has 0 bridgehead atoms. The van der Waals surface area contributed by atoms with E-state index in [0.29, 0.717) is 17.9 Å². The Kier molecular flexibility index (Phi) is 5.58. The van der Waals surface area contributed by atoms with E-state index in [0.717, 1.165) is 32.5 Å². The van der Waals surface area contributed by atoms with Gasteiger partial charge >= 0.3 is 0 Å². The van der Waals surface area contributed by atoms with Gasteiger partial charge < -0.3 is 10.1 Å². The van der Waals surface area contributed by atoms with Gasteiger partial charge in [0.2, 0.25) is 0 Å². The third kappa shape index (κ3) is 4.23. The van der Waals surface area contributed by atoms with E-state index in [2.05, 4.69) is 20.5 Å². The maximum atomic E-state index is 13.2. The van der Waals surface area contributed by atoms with E-state index >= 15 is 0 Å². The molecule has 0 saturated heterocycles. The van der Waals surface area contributed by atoms with Crippen molar-refractivity contribution in [2.45, 2.75) is 13.5 Å². The van der Waals surface area contributed by atoms with E-state index in [1.807, 2.05) is 31.2 Å². The smallest absolute Gasteiger partial charge is 0.272 e. The van der Waals surface area contributed by atoms with Crippen molar-refractivity contribution in [1.82, 2.24) is 20.5 Å². The second kappa shape index (κ2) is 8.46. The Balaban J connectivity index is 1.46. The first kappa shape index (κ1) is 19.8. The number of nitrogens with one attached hydrogen (secondary N) is 2. The third-order valence-electron chi connectivity index (χ3n) is 4.56. The van der Waals surface area contributed by atoms with Crippen molar-refractivity contribution in [2.75, 3.05) is 7.11 Å². The summed E-state index contributed by atoms with van der Waals surface area (Å²) >= 11 is 1.46. The normalized spacial score (nSPS) is 10.8. The molecule has 0 spiro atoms. The molecule has 0 fully saturated rings. The quantitative estimate of drug-likeness (QED) is 0.476. The topological polar surface area (TPSA) is 79.9 Å². The van der Waals surface area contributed by atoms with E-state index in [-0.39, 0.29) is 11.7 Å². The van der Waals surface area contributed by atoms with Crippen LogP contribution in [0.15, 0.2) is 54.6 Å². The standard InChI is InChI=1S/C22H19FN4O2S/c1-13-20(30-22(25-13)15-5-7-16(23)8-6-15)18-11-19(27-26-18)21(28)24-12-14-3-9-17(29-2)10-4-14/h3-11H,12H2,1-2H3,(H,24,28)(H,26,27). The van der Waals surface area contributed by atoms with Gasteiger partial charge in [0.05, 0.1) is 23.4 Å². The van der Waals surface area contributed by atoms with Crippen LogP contribution in [0.4, 0.5) is 4.39 Å². The number of halogens is 1. The van der Waals surface area contributed by atoms with Crippen LogP contribution in [0.1, 0.15) is 21.7 Å². The number of H-pyrrole nitrogens is 1. The zero-order valence-electron chi connectivity index (χ0n) is 16.4. The lowest BCUT2D eigenvalue weighted by atomic mass is 10.2. The molecule has 152 valence electrons. The van der Waals surface area contributed by atoms with Gasteiger partial charge in [0.15, 0.2) is 5.69 Å². The maximum absolute atomic E-state index is 13.2. The number of methoxy groups -OCH3 is 1. The van der Waals surface area contributed by atoms with Crippen molar-refractivity contribution in [3.05, 3.63) is 77.4 Å². The molecule has 0 saturated carbocycles. The molecule has 0 radical (unpaired) electrons. The molecule has 1 amide bonds. The lowest BCUT2D eigenvalue weighted by molar-refractivity contribution is 0.0946. The summed E-state index contributed by atoms with van der Waals surface area (Å²) in [6.45, 7) is 2.28. The van der Waals surface area contributed by atoms with Crippen LogP contribution >= 0.6 is 11.3 Å². The van der Waals surface area contributed by atoms with Crippen LogP contribution in [0, 0.1) is 12.7 Å². The van der Waals surface area contributed by atoms with E-state index < -0.39 is 0 Å². The molecule has 4 rings (SSSR count). The lowest BCUT2D eigenvalue weighted by Crippen LogP contribution is -2.23. The summed E-state index contributed by atoms with van der Waals surface area (Å²) in [5.41, 5.74) is 3.63. The van der Waals surface area contributed by atoms with Gasteiger partial charge in [-0.2, -0.15) is 5.10 Å². The molecule has 2 heterocycles. The van der Waals surface area contributed by atoms with Gasteiger partial charge in [-0.3, -0.25) is 9.89 Å². The summed E-state index contributed by atoms with van der Waals surface area (Å²) in [5, 5.41) is 10.7. The van der Waals surface area contributed by atoms with Crippen LogP contribution in [-0.2, 0) is 6.54 Å². The number of nitrogens with zero attached hydrogens (tertiary/aromatic N) is 2. The average molecular weight is 422 g/mol. The number of benzene rings is 2. The maximum Gasteiger partial charge on any atom is 0.272 e. The Morgan fingerprint density at radius 2 is 1.90 bits per heavy atom. The fourth-order valence-corrected chi connectivity index (χ4v) is 3.97. The highest BCUT2D eigenvalue weighted by Gasteiger charge is 2.16. The van der Waals surface area contributed by atoms with Gasteiger partial charge in [-0.05, 0) is 55.0 Å². The van der Waals surface area contributed by atoms with Crippen molar-refractivity contribution in [3.8, 4) is 26.9 Å². The van der Waals surface area contributed by atoms with Gasteiger partial charge in [0.1, 0.15) is 16.6 Å². The number of aromatic nitrogens is 3. The fourth-order valence-electron chi connectivity index (χ4n) is 2.93. The van der Waals surface area contributed by atoms with Crippen molar-refractivity contribution in [2.24, 2.45) is 0 Å². The highest BCUT2D eigenvalue weighted by Crippen LogP contribution is 2.34. The predicted molar refractivity (Wildman–Crippen MR) is 114 cm³/mol. The molecular weight excluding hydrogens is 403 g/mol. The Hall–Kier alpha value is -3.52. The zero-order chi connectivity index (χ0) is 21.1. The number of hydrogen-bond donors (Lipinski definition) is 2. The molecule has 6 nitrogen and oxygen atoms in total. The predicted octanol–water partition coefficient (Wildman–Crippen LogP) is 4.59. The second-order valence-corrected chi connectivity index (χ2v) is 7.64. The minimum Gasteiger partial charge on any atom is -0.497 e. The molecule has 2 aromatic carbocycles. The number of aromatic amines is 1. The molecule has 0 aliphatic rings. The molecule has 2 aromatic heterocycles. The summed E-state index contributed by atoms with van der Waals surface area (Å²) in [6, 6.07) is 15.4. The summed E-state index contributed by atoms with van der Waals surface area (Å²) in [6.07, 6.45) is 0. The van der Waals surface area contributed by atoms with Crippen LogP contribution in [-0.4, -0.2) is 28.2 Å². The van der Waals surface area contributed by atoms with Gasteiger partial charge in [-0.25, -0.2) is 9.37 Å². The Morgan fingerprint density at radius 1 is 1.17 bits per heavy atom. The van der Waals surface area contributed by atoms with Crippen LogP contribution in [0.3, 0.4) is 0 Å². The zero-order valence-corrected chi connectivity index (χ0v) is 17.2. The highest BCUT2D eigenvalue weighted by atomic mass is 32.1. The fraction of sp³-hybridized carbons (Fsp3) is 0.136. The number of aryl methyl sites for hydroxylation is 1. The molecular formula is C22H19FN4O2S. The molecule has 30 heavy (non-hydrogen) atoms. The summed E-state index contributed by atoms with van der Waals surface area (Å²) in [5.74, 6) is 0.210. The number of carbonyl (C=O) groups is 1. The van der Waals surface area contributed by atoms with Crippen LogP contribution < -0.4 is 10.1 Å². The number of carbonyl (C=O) groups excluding carboxylic acids is 1. The Labute approximate surface area is 176 Å². The average Bonchev–Trinajstić information content (AvgIpc) is 3.40. The highest BCUT2D eigenvalue weighted by molar-refractivity contribution is 7.18. The molecule has 8 heteroatoms. The van der Waals surface area contributed by atoms with Gasteiger partial charge in [0, 0.05) is 12.1 Å². The molecule has 0 atom stereocenters. The molecule has 2 N–H and O–H groups in total. The van der Waals surface area contributed by atoms with E-state index in [9.17, 15) is 9.18 Å². The molecule has 0 aliphatic carbocycles. The first-order chi connectivity index (χ1) is 14.5. The molecule has 0 aliphatic heterocycles. The van der Waals surface area contributed by atoms with E-state index in [1.165, 1.54) is 23.5 Å². The van der Waals surface area contributed by atoms with Gasteiger partial charge in [0.25, 0.3) is 5.91 Å². The number of hydrogen-bond acceptors (Lipinski definition) is 5. The SMILES string of the molecule is COc1ccc(CNC(=O)c2cc(-c3sc(-c4ccc(F)cc4)nc3C)[nH]n2)cc1. The summed E-state index contributed by atoms with van der Waals surface area (Å²) in [7, 11) is 1.61. The van der Waals surface area contributed by atoms with Crippen molar-refractivity contribution >= 4 is 17.2 Å². The van der Waals surface area contributed by atoms with Gasteiger partial charge in [-0.15, -0.1) is 11.3 Å². The first-order valence-electron chi connectivity index (χ1n) is 9.24. The second-order valence-electron chi connectivity index (χ2n) is 6.64. The number of ether oxygens (including phenoxy) is 1. The Morgan fingerprint density at radius 3 is 2.60 bits per heavy atom. The van der Waals surface area contributed by atoms with Crippen LogP contribution in [0.25, 0.3) is 21.1 Å². The monoisotopic (exact) mass is 422 g/mol. The van der Waals surface area contributed by atoms with Crippen molar-refractivity contribution in [3.63, 3.8) is 0 Å². The number of rotatable bonds is 6. The van der Waals surface area contributed by atoms with Crippen LogP contribution in [0.2, 0.25) is 0 Å². The minimum absolute atomic E-state index is 0.269. The van der Waals surface area contributed by atoms with E-state index in [4.69, 9.17) is 4.74 Å². The lowest BCUT2D eigenvalue weighted by Gasteiger charge is -2.04. The van der Waals surface area contributed by atoms with Gasteiger partial charge in [-0.1, -0.05) is 12.1 Å². The third-order valence-corrected chi connectivity index (χ3v) is 5.79. The number of thiazole rings is 1.